The van der Waals surface area contributed by atoms with Gasteiger partial charge in [-0.15, -0.1) is 0 Å². The van der Waals surface area contributed by atoms with Gasteiger partial charge < -0.3 is 25.4 Å². The summed E-state index contributed by atoms with van der Waals surface area (Å²) in [5.41, 5.74) is 4.69. The molecule has 1 fully saturated rings. The van der Waals surface area contributed by atoms with Crippen LogP contribution in [0.3, 0.4) is 0 Å². The van der Waals surface area contributed by atoms with E-state index in [9.17, 15) is 9.36 Å². The predicted molar refractivity (Wildman–Crippen MR) is 65.4 cm³/mol. The van der Waals surface area contributed by atoms with Crippen LogP contribution in [0.25, 0.3) is 0 Å². The van der Waals surface area contributed by atoms with E-state index in [0.29, 0.717) is 0 Å². The first kappa shape index (κ1) is 15.1. The van der Waals surface area contributed by atoms with E-state index in [1.807, 2.05) is 0 Å². The van der Waals surface area contributed by atoms with Crippen molar-refractivity contribution < 1.29 is 28.7 Å². The van der Waals surface area contributed by atoms with Crippen molar-refractivity contribution >= 4 is 13.6 Å². The summed E-state index contributed by atoms with van der Waals surface area (Å²) in [6.45, 7) is -0.502. The molecule has 0 aromatic carbocycles. The number of aliphatic hydroxyl groups excluding tert-OH is 1. The second-order valence-corrected chi connectivity index (χ2v) is 5.42. The minimum absolute atomic E-state index is 0.0121. The molecule has 1 aromatic rings. The molecule has 112 valence electrons. The zero-order valence-corrected chi connectivity index (χ0v) is 11.1. The lowest BCUT2D eigenvalue weighted by Gasteiger charge is -2.16. The number of ether oxygens (including phenoxy) is 1. The standard InChI is InChI=1S/C9H14N3O7P/c10-7-1-2-12(9(14)11-7)8-3-5(6(4-13)18-8)19-20(15,16)17/h1-2,5-6,8,13H,3-4H2,(H2,10,11,14)(H2,15,16,17)/t5-,6+,8+/m0/s1. The van der Waals surface area contributed by atoms with Crippen LogP contribution in [0.4, 0.5) is 5.82 Å². The summed E-state index contributed by atoms with van der Waals surface area (Å²) in [4.78, 5) is 32.8. The maximum absolute atomic E-state index is 11.6. The van der Waals surface area contributed by atoms with Gasteiger partial charge in [-0.25, -0.2) is 9.36 Å². The molecule has 3 atom stereocenters. The molecule has 0 bridgehead atoms. The van der Waals surface area contributed by atoms with E-state index in [2.05, 4.69) is 9.51 Å². The molecule has 2 heterocycles. The molecule has 1 aliphatic rings. The minimum atomic E-state index is -4.72. The fraction of sp³-hybridized carbons (Fsp3) is 0.556. The minimum Gasteiger partial charge on any atom is -0.394 e. The number of phosphoric acid groups is 1. The van der Waals surface area contributed by atoms with Crippen molar-refractivity contribution in [2.75, 3.05) is 12.3 Å². The van der Waals surface area contributed by atoms with Crippen LogP contribution in [0.1, 0.15) is 12.6 Å². The zero-order chi connectivity index (χ0) is 14.9. The molecule has 0 radical (unpaired) electrons. The van der Waals surface area contributed by atoms with E-state index in [1.165, 1.54) is 12.3 Å². The first-order valence-corrected chi connectivity index (χ1v) is 7.18. The number of nitrogens with zero attached hydrogens (tertiary/aromatic N) is 2. The van der Waals surface area contributed by atoms with Gasteiger partial charge in [0.25, 0.3) is 0 Å². The van der Waals surface area contributed by atoms with E-state index < -0.39 is 38.6 Å². The molecular weight excluding hydrogens is 293 g/mol. The Bertz CT molecular complexity index is 585. The van der Waals surface area contributed by atoms with Crippen molar-refractivity contribution in [2.45, 2.75) is 24.9 Å². The van der Waals surface area contributed by atoms with E-state index in [-0.39, 0.29) is 12.2 Å². The van der Waals surface area contributed by atoms with Gasteiger partial charge >= 0.3 is 13.5 Å². The lowest BCUT2D eigenvalue weighted by Crippen LogP contribution is -2.28. The van der Waals surface area contributed by atoms with Crippen molar-refractivity contribution in [1.29, 1.82) is 0 Å². The number of hydrogen-bond donors (Lipinski definition) is 4. The van der Waals surface area contributed by atoms with Gasteiger partial charge in [-0.2, -0.15) is 4.98 Å². The van der Waals surface area contributed by atoms with Crippen molar-refractivity contribution in [2.24, 2.45) is 0 Å². The van der Waals surface area contributed by atoms with Gasteiger partial charge in [0.2, 0.25) is 0 Å². The molecule has 1 aromatic heterocycles. The number of nitrogens with two attached hydrogens (primary N) is 1. The van der Waals surface area contributed by atoms with Gasteiger partial charge in [0.1, 0.15) is 24.3 Å². The third-order valence-electron chi connectivity index (χ3n) is 2.79. The number of aromatic nitrogens is 2. The number of rotatable bonds is 4. The van der Waals surface area contributed by atoms with Crippen molar-refractivity contribution in [3.8, 4) is 0 Å². The van der Waals surface area contributed by atoms with Crippen LogP contribution in [-0.2, 0) is 13.8 Å². The van der Waals surface area contributed by atoms with E-state index in [0.717, 1.165) is 4.57 Å². The Morgan fingerprint density at radius 2 is 2.30 bits per heavy atom. The second-order valence-electron chi connectivity index (χ2n) is 4.22. The van der Waals surface area contributed by atoms with E-state index in [4.69, 9.17) is 25.4 Å². The molecule has 5 N–H and O–H groups in total. The molecule has 2 rings (SSSR count). The van der Waals surface area contributed by atoms with Crippen LogP contribution in [0.15, 0.2) is 17.1 Å². The number of aliphatic hydroxyl groups is 1. The molecule has 1 aliphatic heterocycles. The number of phosphoric ester groups is 1. The Kier molecular flexibility index (Phi) is 4.23. The lowest BCUT2D eigenvalue weighted by atomic mass is 10.2. The topological polar surface area (TPSA) is 157 Å². The summed E-state index contributed by atoms with van der Waals surface area (Å²) in [6, 6.07) is 1.38. The van der Waals surface area contributed by atoms with Crippen LogP contribution in [0, 0.1) is 0 Å². The Morgan fingerprint density at radius 1 is 1.60 bits per heavy atom. The van der Waals surface area contributed by atoms with Gasteiger partial charge in [-0.1, -0.05) is 0 Å². The number of anilines is 1. The average Bonchev–Trinajstić information content (AvgIpc) is 2.69. The number of nitrogen functional groups attached to an aromatic ring is 1. The summed E-state index contributed by atoms with van der Waals surface area (Å²) in [5, 5.41) is 9.13. The highest BCUT2D eigenvalue weighted by Crippen LogP contribution is 2.43. The molecule has 0 saturated carbocycles. The summed E-state index contributed by atoms with van der Waals surface area (Å²) >= 11 is 0. The van der Waals surface area contributed by atoms with Gasteiger partial charge in [0.05, 0.1) is 6.61 Å². The van der Waals surface area contributed by atoms with E-state index in [1.54, 1.807) is 0 Å². The second kappa shape index (κ2) is 5.60. The highest BCUT2D eigenvalue weighted by molar-refractivity contribution is 7.46. The molecule has 0 amide bonds. The molecule has 0 spiro atoms. The maximum atomic E-state index is 11.6. The Morgan fingerprint density at radius 3 is 2.85 bits per heavy atom. The third kappa shape index (κ3) is 3.42. The van der Waals surface area contributed by atoms with Crippen LogP contribution < -0.4 is 11.4 Å². The zero-order valence-electron chi connectivity index (χ0n) is 10.2. The van der Waals surface area contributed by atoms with Crippen molar-refractivity contribution in [3.05, 3.63) is 22.7 Å². The van der Waals surface area contributed by atoms with Gasteiger partial charge in [-0.05, 0) is 6.07 Å². The lowest BCUT2D eigenvalue weighted by molar-refractivity contribution is -0.0452. The van der Waals surface area contributed by atoms with Crippen molar-refractivity contribution in [1.82, 2.24) is 9.55 Å². The summed E-state index contributed by atoms with van der Waals surface area (Å²) in [6.07, 6.45) is -1.48. The molecule has 1 saturated heterocycles. The van der Waals surface area contributed by atoms with Crippen LogP contribution >= 0.6 is 7.82 Å². The summed E-state index contributed by atoms with van der Waals surface area (Å²) in [5.74, 6) is 0.0472. The van der Waals surface area contributed by atoms with Crippen LogP contribution in [0.5, 0.6) is 0 Å². The van der Waals surface area contributed by atoms with Crippen molar-refractivity contribution in [3.63, 3.8) is 0 Å². The van der Waals surface area contributed by atoms with Gasteiger partial charge in [0.15, 0.2) is 0 Å². The normalized spacial score (nSPS) is 26.9. The molecule has 0 aliphatic carbocycles. The quantitative estimate of drug-likeness (QED) is 0.490. The molecule has 0 unspecified atom stereocenters. The number of hydrogen-bond acceptors (Lipinski definition) is 7. The molecular formula is C9H14N3O7P. The van der Waals surface area contributed by atoms with Crippen LogP contribution in [-0.4, -0.2) is 43.3 Å². The Hall–Kier alpha value is -1.29. The smallest absolute Gasteiger partial charge is 0.394 e. The monoisotopic (exact) mass is 307 g/mol. The Labute approximate surface area is 113 Å². The van der Waals surface area contributed by atoms with Gasteiger partial charge in [-0.3, -0.25) is 9.09 Å². The maximum Gasteiger partial charge on any atom is 0.469 e. The average molecular weight is 307 g/mol. The molecule has 10 nitrogen and oxygen atoms in total. The SMILES string of the molecule is Nc1ccn([C@H]2C[C@H](OP(=O)(O)O)[C@@H](CO)O2)c(=O)n1. The first-order valence-electron chi connectivity index (χ1n) is 5.65. The fourth-order valence-corrected chi connectivity index (χ4v) is 2.54. The predicted octanol–water partition coefficient (Wildman–Crippen LogP) is -1.42. The summed E-state index contributed by atoms with van der Waals surface area (Å²) < 4.78 is 21.8. The van der Waals surface area contributed by atoms with Crippen LogP contribution in [0.2, 0.25) is 0 Å². The summed E-state index contributed by atoms with van der Waals surface area (Å²) in [7, 11) is -4.72. The largest absolute Gasteiger partial charge is 0.469 e. The first-order chi connectivity index (χ1) is 9.30. The molecule has 20 heavy (non-hydrogen) atoms. The van der Waals surface area contributed by atoms with Gasteiger partial charge in [0, 0.05) is 12.6 Å². The Balaban J connectivity index is 2.20. The van der Waals surface area contributed by atoms with E-state index >= 15 is 0 Å². The third-order valence-corrected chi connectivity index (χ3v) is 3.34. The highest BCUT2D eigenvalue weighted by atomic mass is 31.2. The fourth-order valence-electron chi connectivity index (χ4n) is 1.97. The highest BCUT2D eigenvalue weighted by Gasteiger charge is 2.40. The molecule has 11 heteroatoms.